The predicted octanol–water partition coefficient (Wildman–Crippen LogP) is -3.66. The molecule has 2 aliphatic rings. The number of aliphatic hydroxyl groups is 5. The summed E-state index contributed by atoms with van der Waals surface area (Å²) in [6, 6.07) is -1.18. The van der Waals surface area contributed by atoms with Gasteiger partial charge in [-0.1, -0.05) is 0 Å². The highest BCUT2D eigenvalue weighted by Gasteiger charge is 2.51. The molecule has 27 heavy (non-hydrogen) atoms. The predicted molar refractivity (Wildman–Crippen MR) is 91.8 cm³/mol. The molecule has 2 saturated heterocycles. The number of methoxy groups -OCH3 is 1. The Bertz CT molecular complexity index is 483. The average Bonchev–Trinajstić information content (AvgIpc) is 2.64. The highest BCUT2D eigenvalue weighted by Crippen LogP contribution is 2.29. The van der Waals surface area contributed by atoms with Crippen LogP contribution in [0.1, 0.15) is 6.92 Å². The van der Waals surface area contributed by atoms with Crippen LogP contribution in [0, 0.1) is 0 Å². The van der Waals surface area contributed by atoms with E-state index in [1.54, 1.807) is 0 Å². The zero-order valence-corrected chi connectivity index (χ0v) is 15.8. The number of amides is 1. The number of carbonyl (C=O) groups is 1. The Morgan fingerprint density at radius 2 is 1.67 bits per heavy atom. The second-order valence-corrected chi connectivity index (χ2v) is 6.84. The Hall–Kier alpha value is -0.540. The molecule has 0 spiro atoms. The number of ether oxygens (including phenoxy) is 4. The van der Waals surface area contributed by atoms with Crippen LogP contribution < -0.4 is 5.32 Å². The van der Waals surface area contributed by atoms with E-state index in [1.807, 2.05) is 0 Å². The zero-order chi connectivity index (χ0) is 20.3. The maximum absolute atomic E-state index is 11.5. The number of rotatable bonds is 6. The maximum atomic E-state index is 11.5. The van der Waals surface area contributed by atoms with Crippen LogP contribution in [0.25, 0.3) is 0 Å². The molecule has 0 aromatic carbocycles. The number of hydrogen-bond donors (Lipinski definition) is 7. The van der Waals surface area contributed by atoms with Gasteiger partial charge in [0.25, 0.3) is 0 Å². The fourth-order valence-corrected chi connectivity index (χ4v) is 3.45. The van der Waals surface area contributed by atoms with Gasteiger partial charge in [-0.15, -0.1) is 0 Å². The van der Waals surface area contributed by atoms with E-state index in [1.165, 1.54) is 14.0 Å². The van der Waals surface area contributed by atoms with Crippen molar-refractivity contribution in [2.75, 3.05) is 19.5 Å². The lowest BCUT2D eigenvalue weighted by Crippen LogP contribution is -2.67. The summed E-state index contributed by atoms with van der Waals surface area (Å²) < 4.78 is 21.5. The zero-order valence-electron chi connectivity index (χ0n) is 14.9. The molecule has 12 heteroatoms. The molecule has 1 amide bonds. The third-order valence-corrected chi connectivity index (χ3v) is 4.96. The molecule has 10 atom stereocenters. The average molecular weight is 413 g/mol. The monoisotopic (exact) mass is 413 g/mol. The molecular weight excluding hydrogens is 386 g/mol. The van der Waals surface area contributed by atoms with Gasteiger partial charge in [-0.25, -0.2) is 0 Å². The SMILES string of the molecule is COC1OC(CO)C(O)C(OC2OC(CS)C(O)C(O)C2NC(C)=O)C1O. The summed E-state index contributed by atoms with van der Waals surface area (Å²) >= 11 is 4.05. The third-order valence-electron chi connectivity index (χ3n) is 4.60. The molecule has 0 aromatic rings. The lowest BCUT2D eigenvalue weighted by atomic mass is 9.96. The fourth-order valence-electron chi connectivity index (χ4n) is 3.15. The lowest BCUT2D eigenvalue weighted by Gasteiger charge is -2.47. The standard InChI is InChI=1S/C15H27NO10S/c1-5(18)16-8-11(21)9(19)7(4-27)25-14(8)26-13-10(20)6(3-17)24-15(23-2)12(13)22/h6-15,17,19-22,27H,3-4H2,1-2H3,(H,16,18). The summed E-state index contributed by atoms with van der Waals surface area (Å²) in [6.45, 7) is 0.649. The number of hydrogen-bond acceptors (Lipinski definition) is 11. The van der Waals surface area contributed by atoms with E-state index < -0.39 is 73.9 Å². The van der Waals surface area contributed by atoms with Crippen molar-refractivity contribution in [2.45, 2.75) is 68.3 Å². The molecule has 158 valence electrons. The molecule has 6 N–H and O–H groups in total. The molecule has 0 aromatic heterocycles. The number of carbonyl (C=O) groups excluding carboxylic acids is 1. The van der Waals surface area contributed by atoms with Gasteiger partial charge in [0.1, 0.15) is 42.7 Å². The van der Waals surface area contributed by atoms with E-state index in [0.717, 1.165) is 0 Å². The van der Waals surface area contributed by atoms with E-state index in [0.29, 0.717) is 0 Å². The van der Waals surface area contributed by atoms with Gasteiger partial charge >= 0.3 is 0 Å². The summed E-state index contributed by atoms with van der Waals surface area (Å²) in [6.07, 6.45) is -11.5. The van der Waals surface area contributed by atoms with Crippen LogP contribution in [0.2, 0.25) is 0 Å². The van der Waals surface area contributed by atoms with Crippen LogP contribution in [0.15, 0.2) is 0 Å². The van der Waals surface area contributed by atoms with Crippen molar-refractivity contribution in [1.29, 1.82) is 0 Å². The first-order chi connectivity index (χ1) is 12.7. The third kappa shape index (κ3) is 4.90. The van der Waals surface area contributed by atoms with Gasteiger partial charge in [-0.2, -0.15) is 12.6 Å². The molecule has 0 bridgehead atoms. The highest BCUT2D eigenvalue weighted by molar-refractivity contribution is 7.80. The molecule has 0 saturated carbocycles. The van der Waals surface area contributed by atoms with Gasteiger partial charge in [-0.05, 0) is 0 Å². The highest BCUT2D eigenvalue weighted by atomic mass is 32.1. The quantitative estimate of drug-likeness (QED) is 0.216. The lowest BCUT2D eigenvalue weighted by molar-refractivity contribution is -0.342. The van der Waals surface area contributed by atoms with Gasteiger partial charge in [0.15, 0.2) is 12.6 Å². The molecule has 0 aliphatic carbocycles. The van der Waals surface area contributed by atoms with Gasteiger partial charge < -0.3 is 49.8 Å². The fraction of sp³-hybridized carbons (Fsp3) is 0.933. The van der Waals surface area contributed by atoms with Gasteiger partial charge in [-0.3, -0.25) is 4.79 Å². The second kappa shape index (κ2) is 9.78. The number of thiol groups is 1. The van der Waals surface area contributed by atoms with Crippen molar-refractivity contribution in [3.05, 3.63) is 0 Å². The summed E-state index contributed by atoms with van der Waals surface area (Å²) in [7, 11) is 1.27. The van der Waals surface area contributed by atoms with Crippen LogP contribution in [0.4, 0.5) is 0 Å². The van der Waals surface area contributed by atoms with Gasteiger partial charge in [0.2, 0.25) is 5.91 Å². The van der Waals surface area contributed by atoms with E-state index in [-0.39, 0.29) is 5.75 Å². The minimum atomic E-state index is -1.45. The van der Waals surface area contributed by atoms with Crippen LogP contribution >= 0.6 is 12.6 Å². The largest absolute Gasteiger partial charge is 0.394 e. The van der Waals surface area contributed by atoms with Crippen molar-refractivity contribution in [1.82, 2.24) is 5.32 Å². The summed E-state index contributed by atoms with van der Waals surface area (Å²) in [5, 5.41) is 53.0. The number of aliphatic hydroxyl groups excluding tert-OH is 5. The summed E-state index contributed by atoms with van der Waals surface area (Å²) in [5.74, 6) is -0.465. The summed E-state index contributed by atoms with van der Waals surface area (Å²) in [5.41, 5.74) is 0. The van der Waals surface area contributed by atoms with Crippen molar-refractivity contribution < 1.29 is 49.3 Å². The smallest absolute Gasteiger partial charge is 0.217 e. The molecule has 11 nitrogen and oxygen atoms in total. The Balaban J connectivity index is 2.24. The van der Waals surface area contributed by atoms with E-state index in [9.17, 15) is 30.3 Å². The minimum absolute atomic E-state index is 0.0454. The van der Waals surface area contributed by atoms with Crippen LogP contribution in [0.3, 0.4) is 0 Å². The molecular formula is C15H27NO10S. The molecule has 2 fully saturated rings. The molecule has 10 unspecified atom stereocenters. The normalized spacial score (nSPS) is 45.5. The van der Waals surface area contributed by atoms with Crippen LogP contribution in [0.5, 0.6) is 0 Å². The Labute approximate surface area is 161 Å². The first kappa shape index (κ1) is 22.7. The Morgan fingerprint density at radius 3 is 2.19 bits per heavy atom. The Kier molecular flexibility index (Phi) is 8.24. The van der Waals surface area contributed by atoms with Crippen LogP contribution in [-0.2, 0) is 23.7 Å². The van der Waals surface area contributed by atoms with Crippen molar-refractivity contribution in [3.63, 3.8) is 0 Å². The van der Waals surface area contributed by atoms with Crippen molar-refractivity contribution in [2.24, 2.45) is 0 Å². The first-order valence-corrected chi connectivity index (χ1v) is 9.08. The summed E-state index contributed by atoms with van der Waals surface area (Å²) in [4.78, 5) is 11.5. The second-order valence-electron chi connectivity index (χ2n) is 6.48. The maximum Gasteiger partial charge on any atom is 0.217 e. The molecule has 2 rings (SSSR count). The molecule has 2 aliphatic heterocycles. The molecule has 0 radical (unpaired) electrons. The van der Waals surface area contributed by atoms with Gasteiger partial charge in [0.05, 0.1) is 12.7 Å². The topological polar surface area (TPSA) is 167 Å². The Morgan fingerprint density at radius 1 is 1.04 bits per heavy atom. The van der Waals surface area contributed by atoms with Crippen molar-refractivity contribution in [3.8, 4) is 0 Å². The first-order valence-electron chi connectivity index (χ1n) is 8.45. The number of nitrogens with one attached hydrogen (secondary N) is 1. The van der Waals surface area contributed by atoms with Crippen molar-refractivity contribution >= 4 is 18.5 Å². The van der Waals surface area contributed by atoms with Crippen LogP contribution in [-0.4, -0.2) is 112 Å². The minimum Gasteiger partial charge on any atom is -0.394 e. The van der Waals surface area contributed by atoms with Gasteiger partial charge in [0, 0.05) is 19.8 Å². The van der Waals surface area contributed by atoms with E-state index >= 15 is 0 Å². The molecule has 2 heterocycles. The van der Waals surface area contributed by atoms with E-state index in [2.05, 4.69) is 17.9 Å². The van der Waals surface area contributed by atoms with E-state index in [4.69, 9.17) is 18.9 Å².